The van der Waals surface area contributed by atoms with Crippen LogP contribution in [-0.2, 0) is 19.1 Å². The quantitative estimate of drug-likeness (QED) is 0.340. The Balaban J connectivity index is 1.54. The van der Waals surface area contributed by atoms with E-state index in [0.717, 1.165) is 19.3 Å². The number of hydrogen-bond acceptors (Lipinski definition) is 6. The maximum absolute atomic E-state index is 14.2. The minimum absolute atomic E-state index is 0.141. The number of para-hydroxylation sites is 1. The van der Waals surface area contributed by atoms with E-state index in [-0.39, 0.29) is 36.2 Å². The van der Waals surface area contributed by atoms with Crippen molar-refractivity contribution in [2.24, 2.45) is 11.8 Å². The second-order valence-corrected chi connectivity index (χ2v) is 11.3. The predicted molar refractivity (Wildman–Crippen MR) is 135 cm³/mol. The molecule has 7 nitrogen and oxygen atoms in total. The zero-order chi connectivity index (χ0) is 24.6. The lowest BCUT2D eigenvalue weighted by Crippen LogP contribution is -2.53. The number of cyclic esters (lactones) is 1. The van der Waals surface area contributed by atoms with Crippen LogP contribution in [0.2, 0.25) is 5.02 Å². The molecule has 4 aliphatic rings. The first-order chi connectivity index (χ1) is 17.0. The molecule has 5 atom stereocenters. The number of esters is 1. The number of likely N-dealkylation sites (tertiary alicyclic amines) is 1. The number of hydrogen-bond donors (Lipinski definition) is 1. The molecular formula is C26H29ClN2O5S. The van der Waals surface area contributed by atoms with Gasteiger partial charge in [0, 0.05) is 24.9 Å². The number of ether oxygens (including phenoxy) is 1. The van der Waals surface area contributed by atoms with Gasteiger partial charge in [-0.2, -0.15) is 0 Å². The van der Waals surface area contributed by atoms with Gasteiger partial charge in [-0.3, -0.25) is 14.4 Å². The monoisotopic (exact) mass is 516 g/mol. The van der Waals surface area contributed by atoms with Crippen molar-refractivity contribution in [3.8, 4) is 0 Å². The van der Waals surface area contributed by atoms with E-state index >= 15 is 0 Å². The highest BCUT2D eigenvalue weighted by atomic mass is 35.5. The summed E-state index contributed by atoms with van der Waals surface area (Å²) in [5.74, 6) is -2.02. The average molecular weight is 517 g/mol. The molecule has 1 aromatic carbocycles. The van der Waals surface area contributed by atoms with Gasteiger partial charge in [-0.1, -0.05) is 60.9 Å². The van der Waals surface area contributed by atoms with Crippen molar-refractivity contribution in [1.82, 2.24) is 4.90 Å². The first-order valence-electron chi connectivity index (χ1n) is 12.2. The molecule has 35 heavy (non-hydrogen) atoms. The SMILES string of the molecule is O=C1OCC=C[C@H]2S[C@]34C=CCN(c5ccccc5Cl)C(=O)C3N(CCCCCCO)C(=O)[C@@H]4[C@@H]12. The molecule has 1 aromatic rings. The van der Waals surface area contributed by atoms with Crippen molar-refractivity contribution in [3.05, 3.63) is 53.6 Å². The highest BCUT2D eigenvalue weighted by Gasteiger charge is 2.71. The van der Waals surface area contributed by atoms with E-state index in [0.29, 0.717) is 30.2 Å². The topological polar surface area (TPSA) is 87.2 Å². The summed E-state index contributed by atoms with van der Waals surface area (Å²) in [7, 11) is 0. The van der Waals surface area contributed by atoms with Crippen LogP contribution in [0.15, 0.2) is 48.6 Å². The predicted octanol–water partition coefficient (Wildman–Crippen LogP) is 3.21. The largest absolute Gasteiger partial charge is 0.461 e. The standard InChI is InChI=1S/C26H29ClN2O5S/c27-17-9-3-4-10-18(17)28-14-8-12-26-21(20-19(35-26)11-7-16-34-25(20)33)23(31)29(22(26)24(28)32)13-5-1-2-6-15-30/h3-4,7-12,19-22,30H,1-2,5-6,13-16H2/t19-,20+,21+,22?,26+/m1/s1. The highest BCUT2D eigenvalue weighted by molar-refractivity contribution is 8.02. The molecule has 4 aliphatic heterocycles. The van der Waals surface area contributed by atoms with Gasteiger partial charge < -0.3 is 19.6 Å². The van der Waals surface area contributed by atoms with Crippen molar-refractivity contribution in [2.45, 2.75) is 41.7 Å². The minimum atomic E-state index is -0.856. The lowest BCUT2D eigenvalue weighted by atomic mass is 9.78. The van der Waals surface area contributed by atoms with Gasteiger partial charge in [0.25, 0.3) is 5.91 Å². The number of carbonyl (C=O) groups is 3. The molecule has 0 aromatic heterocycles. The van der Waals surface area contributed by atoms with Crippen molar-refractivity contribution in [1.29, 1.82) is 0 Å². The number of carbonyl (C=O) groups excluding carboxylic acids is 3. The fourth-order valence-electron chi connectivity index (χ4n) is 5.84. The van der Waals surface area contributed by atoms with E-state index in [2.05, 4.69) is 0 Å². The second kappa shape index (κ2) is 9.99. The summed E-state index contributed by atoms with van der Waals surface area (Å²) in [5, 5.41) is 9.33. The fourth-order valence-corrected chi connectivity index (χ4v) is 8.08. The zero-order valence-electron chi connectivity index (χ0n) is 19.3. The molecule has 1 unspecified atom stereocenters. The number of nitrogens with zero attached hydrogens (tertiary/aromatic N) is 2. The maximum atomic E-state index is 14.2. The van der Waals surface area contributed by atoms with E-state index in [1.807, 2.05) is 42.5 Å². The van der Waals surface area contributed by atoms with Gasteiger partial charge in [0.15, 0.2) is 0 Å². The Morgan fingerprint density at radius 3 is 2.69 bits per heavy atom. The minimum Gasteiger partial charge on any atom is -0.461 e. The molecule has 4 heterocycles. The summed E-state index contributed by atoms with van der Waals surface area (Å²) in [5.41, 5.74) is 0.608. The molecule has 2 fully saturated rings. The van der Waals surface area contributed by atoms with Crippen LogP contribution in [0.1, 0.15) is 25.7 Å². The fraction of sp³-hybridized carbons (Fsp3) is 0.500. The molecule has 0 aliphatic carbocycles. The number of aliphatic hydroxyl groups excluding tert-OH is 1. The normalized spacial score (nSPS) is 31.7. The highest BCUT2D eigenvalue weighted by Crippen LogP contribution is 2.61. The Kier molecular flexibility index (Phi) is 6.97. The van der Waals surface area contributed by atoms with Gasteiger partial charge in [0.1, 0.15) is 12.6 Å². The number of aliphatic hydroxyl groups is 1. The maximum Gasteiger partial charge on any atom is 0.311 e. The van der Waals surface area contributed by atoms with Crippen molar-refractivity contribution in [3.63, 3.8) is 0 Å². The molecule has 2 saturated heterocycles. The lowest BCUT2D eigenvalue weighted by molar-refractivity contribution is -0.151. The summed E-state index contributed by atoms with van der Waals surface area (Å²) in [6.45, 7) is 1.10. The van der Waals surface area contributed by atoms with Crippen LogP contribution in [0.5, 0.6) is 0 Å². The van der Waals surface area contributed by atoms with E-state index in [9.17, 15) is 14.4 Å². The van der Waals surface area contributed by atoms with Crippen LogP contribution < -0.4 is 4.90 Å². The summed E-state index contributed by atoms with van der Waals surface area (Å²) in [6.07, 6.45) is 10.8. The van der Waals surface area contributed by atoms with Crippen molar-refractivity contribution in [2.75, 3.05) is 31.2 Å². The summed E-state index contributed by atoms with van der Waals surface area (Å²) in [6, 6.07) is 6.47. The van der Waals surface area contributed by atoms with Crippen molar-refractivity contribution < 1.29 is 24.2 Å². The van der Waals surface area contributed by atoms with Crippen LogP contribution in [-0.4, -0.2) is 70.1 Å². The van der Waals surface area contributed by atoms with E-state index in [1.54, 1.807) is 15.9 Å². The summed E-state index contributed by atoms with van der Waals surface area (Å²) >= 11 is 8.00. The van der Waals surface area contributed by atoms with E-state index < -0.39 is 22.6 Å². The van der Waals surface area contributed by atoms with Crippen LogP contribution in [0, 0.1) is 11.8 Å². The average Bonchev–Trinajstić information content (AvgIpc) is 3.14. The van der Waals surface area contributed by atoms with Gasteiger partial charge in [-0.25, -0.2) is 0 Å². The van der Waals surface area contributed by atoms with Crippen LogP contribution in [0.3, 0.4) is 0 Å². The first-order valence-corrected chi connectivity index (χ1v) is 13.4. The van der Waals surface area contributed by atoms with Gasteiger partial charge in [0.05, 0.1) is 27.3 Å². The molecule has 5 rings (SSSR count). The molecule has 2 amide bonds. The smallest absolute Gasteiger partial charge is 0.311 e. The third-order valence-electron chi connectivity index (χ3n) is 7.36. The van der Waals surface area contributed by atoms with Crippen molar-refractivity contribution >= 4 is 46.8 Å². The Hall–Kier alpha value is -2.29. The number of benzene rings is 1. The Bertz CT molecular complexity index is 1080. The van der Waals surface area contributed by atoms with Gasteiger partial charge in [-0.15, -0.1) is 11.8 Å². The first kappa shape index (κ1) is 24.4. The third-order valence-corrected chi connectivity index (χ3v) is 9.43. The van der Waals surface area contributed by atoms with E-state index in [1.165, 1.54) is 11.8 Å². The Morgan fingerprint density at radius 1 is 1.09 bits per heavy atom. The number of fused-ring (bicyclic) bond motifs is 2. The van der Waals surface area contributed by atoms with Gasteiger partial charge in [-0.05, 0) is 25.0 Å². The number of amides is 2. The Morgan fingerprint density at radius 2 is 1.89 bits per heavy atom. The number of halogens is 1. The van der Waals surface area contributed by atoms with E-state index in [4.69, 9.17) is 21.4 Å². The third kappa shape index (κ3) is 4.09. The molecule has 186 valence electrons. The summed E-state index contributed by atoms with van der Waals surface area (Å²) < 4.78 is 4.55. The van der Waals surface area contributed by atoms with Crippen LogP contribution >= 0.6 is 23.4 Å². The molecule has 9 heteroatoms. The summed E-state index contributed by atoms with van der Waals surface area (Å²) in [4.78, 5) is 44.5. The second-order valence-electron chi connectivity index (χ2n) is 9.37. The van der Waals surface area contributed by atoms with Crippen LogP contribution in [0.4, 0.5) is 5.69 Å². The number of anilines is 1. The van der Waals surface area contributed by atoms with Crippen LogP contribution in [0.25, 0.3) is 0 Å². The lowest BCUT2D eigenvalue weighted by Gasteiger charge is -2.35. The molecule has 0 bridgehead atoms. The molecule has 0 saturated carbocycles. The molecule has 1 spiro atoms. The zero-order valence-corrected chi connectivity index (χ0v) is 20.9. The Labute approximate surface area is 214 Å². The molecule has 0 radical (unpaired) electrons. The van der Waals surface area contributed by atoms with Gasteiger partial charge >= 0.3 is 5.97 Å². The van der Waals surface area contributed by atoms with Gasteiger partial charge in [0.2, 0.25) is 5.91 Å². The molecule has 1 N–H and O–H groups in total. The number of unbranched alkanes of at least 4 members (excludes halogenated alkanes) is 3. The number of thioether (sulfide) groups is 1. The molecular weight excluding hydrogens is 488 g/mol. The number of rotatable bonds is 7.